The number of rotatable bonds is 4. The third-order valence-electron chi connectivity index (χ3n) is 3.17. The highest BCUT2D eigenvalue weighted by atomic mass is 35.5. The minimum atomic E-state index is 0. The average Bonchev–Trinajstić information content (AvgIpc) is 2.04. The maximum Gasteiger partial charge on any atom is 0.0780 e. The van der Waals surface area contributed by atoms with Crippen molar-refractivity contribution in [2.75, 3.05) is 27.7 Å². The molecule has 0 N–H and O–H groups in total. The molecule has 1 nitrogen and oxygen atoms in total. The lowest BCUT2D eigenvalue weighted by molar-refractivity contribution is -0.870. The molecule has 86 valence electrons. The van der Waals surface area contributed by atoms with Gasteiger partial charge in [0.05, 0.1) is 27.7 Å². The maximum atomic E-state index is 2.29. The molecule has 0 unspecified atom stereocenters. The van der Waals surface area contributed by atoms with Gasteiger partial charge in [0.1, 0.15) is 0 Å². The Hall–Kier alpha value is 0.250. The lowest BCUT2D eigenvalue weighted by Crippen LogP contribution is -3.00. The van der Waals surface area contributed by atoms with Crippen LogP contribution in [-0.2, 0) is 0 Å². The number of nitrogens with zero attached hydrogens (tertiary/aromatic N) is 1. The van der Waals surface area contributed by atoms with E-state index >= 15 is 0 Å². The first-order valence-corrected chi connectivity index (χ1v) is 5.88. The molecule has 0 heterocycles. The smallest absolute Gasteiger partial charge is 0.0780 e. The molecule has 0 radical (unpaired) electrons. The molecule has 2 heteroatoms. The SMILES string of the molecule is C[N+](C)(C)CCCC1CCCCC1.[Cl-]. The second-order valence-electron chi connectivity index (χ2n) is 5.66. The Balaban J connectivity index is 0.00000169. The molecule has 14 heavy (non-hydrogen) atoms. The lowest BCUT2D eigenvalue weighted by atomic mass is 9.86. The Bertz CT molecular complexity index is 134. The minimum Gasteiger partial charge on any atom is -1.00 e. The van der Waals surface area contributed by atoms with Gasteiger partial charge >= 0.3 is 0 Å². The summed E-state index contributed by atoms with van der Waals surface area (Å²) < 4.78 is 1.13. The summed E-state index contributed by atoms with van der Waals surface area (Å²) >= 11 is 0. The molecule has 0 bridgehead atoms. The highest BCUT2D eigenvalue weighted by Crippen LogP contribution is 2.27. The molecule has 1 saturated carbocycles. The molecule has 0 aromatic carbocycles. The monoisotopic (exact) mass is 219 g/mol. The third kappa shape index (κ3) is 6.67. The second-order valence-corrected chi connectivity index (χ2v) is 5.66. The van der Waals surface area contributed by atoms with Crippen LogP contribution in [0, 0.1) is 5.92 Å². The largest absolute Gasteiger partial charge is 1.00 e. The van der Waals surface area contributed by atoms with E-state index in [1.165, 1.54) is 51.5 Å². The number of quaternary nitrogens is 1. The molecule has 1 fully saturated rings. The molecule has 0 aromatic heterocycles. The molecule has 0 saturated heterocycles. The van der Waals surface area contributed by atoms with Crippen molar-refractivity contribution >= 4 is 0 Å². The molecule has 0 spiro atoms. The van der Waals surface area contributed by atoms with Crippen LogP contribution < -0.4 is 12.4 Å². The van der Waals surface area contributed by atoms with E-state index in [0.29, 0.717) is 0 Å². The number of hydrogen-bond donors (Lipinski definition) is 0. The first kappa shape index (κ1) is 14.2. The lowest BCUT2D eigenvalue weighted by Gasteiger charge is -2.26. The zero-order chi connectivity index (χ0) is 9.73. The van der Waals surface area contributed by atoms with Crippen molar-refractivity contribution in [2.24, 2.45) is 5.92 Å². The van der Waals surface area contributed by atoms with Crippen molar-refractivity contribution in [1.29, 1.82) is 0 Å². The van der Waals surface area contributed by atoms with E-state index in [0.717, 1.165) is 10.4 Å². The van der Waals surface area contributed by atoms with Crippen LogP contribution in [0.3, 0.4) is 0 Å². The standard InChI is InChI=1S/C12H26N.ClH/c1-13(2,3)11-7-10-12-8-5-4-6-9-12;/h12H,4-11H2,1-3H3;1H/q+1;/p-1. The average molecular weight is 220 g/mol. The summed E-state index contributed by atoms with van der Waals surface area (Å²) in [7, 11) is 6.88. The highest BCUT2D eigenvalue weighted by Gasteiger charge is 2.14. The Morgan fingerprint density at radius 3 is 2.07 bits per heavy atom. The summed E-state index contributed by atoms with van der Waals surface area (Å²) in [5.41, 5.74) is 0. The fraction of sp³-hybridized carbons (Fsp3) is 1.00. The molecule has 0 atom stereocenters. The molecule has 1 rings (SSSR count). The van der Waals surface area contributed by atoms with Crippen LogP contribution in [0.5, 0.6) is 0 Å². The zero-order valence-electron chi connectivity index (χ0n) is 10.1. The van der Waals surface area contributed by atoms with Crippen LogP contribution >= 0.6 is 0 Å². The van der Waals surface area contributed by atoms with Crippen LogP contribution in [0.2, 0.25) is 0 Å². The van der Waals surface area contributed by atoms with Gasteiger partial charge in [0.2, 0.25) is 0 Å². The van der Waals surface area contributed by atoms with Crippen molar-refractivity contribution in [1.82, 2.24) is 0 Å². The van der Waals surface area contributed by atoms with Crippen LogP contribution in [0.4, 0.5) is 0 Å². The van der Waals surface area contributed by atoms with Gasteiger partial charge in [-0.2, -0.15) is 0 Å². The summed E-state index contributed by atoms with van der Waals surface area (Å²) in [5, 5.41) is 0. The Morgan fingerprint density at radius 1 is 1.00 bits per heavy atom. The Labute approximate surface area is 95.9 Å². The van der Waals surface area contributed by atoms with Crippen LogP contribution in [0.25, 0.3) is 0 Å². The van der Waals surface area contributed by atoms with Crippen LogP contribution in [-0.4, -0.2) is 32.2 Å². The molecule has 1 aliphatic rings. The van der Waals surface area contributed by atoms with E-state index in [1.807, 2.05) is 0 Å². The molecule has 0 amide bonds. The highest BCUT2D eigenvalue weighted by molar-refractivity contribution is 4.65. The predicted molar refractivity (Wildman–Crippen MR) is 58.7 cm³/mol. The minimum absolute atomic E-state index is 0. The topological polar surface area (TPSA) is 0 Å². The van der Waals surface area contributed by atoms with Gasteiger partial charge in [-0.1, -0.05) is 32.1 Å². The van der Waals surface area contributed by atoms with Crippen molar-refractivity contribution < 1.29 is 16.9 Å². The van der Waals surface area contributed by atoms with Gasteiger partial charge in [-0.05, 0) is 18.8 Å². The Kier molecular flexibility index (Phi) is 6.80. The molecule has 0 aliphatic heterocycles. The van der Waals surface area contributed by atoms with E-state index in [-0.39, 0.29) is 12.4 Å². The summed E-state index contributed by atoms with van der Waals surface area (Å²) in [4.78, 5) is 0. The normalized spacial score (nSPS) is 19.1. The fourth-order valence-electron chi connectivity index (χ4n) is 2.33. The molecular formula is C12H26ClN. The van der Waals surface area contributed by atoms with Gasteiger partial charge in [-0.25, -0.2) is 0 Å². The third-order valence-corrected chi connectivity index (χ3v) is 3.17. The zero-order valence-corrected chi connectivity index (χ0v) is 10.8. The van der Waals surface area contributed by atoms with Gasteiger partial charge in [-0.15, -0.1) is 0 Å². The van der Waals surface area contributed by atoms with Crippen molar-refractivity contribution in [3.05, 3.63) is 0 Å². The number of halogens is 1. The van der Waals surface area contributed by atoms with Crippen molar-refractivity contribution in [2.45, 2.75) is 44.9 Å². The molecule has 1 aliphatic carbocycles. The first-order valence-electron chi connectivity index (χ1n) is 5.88. The first-order chi connectivity index (χ1) is 6.08. The predicted octanol–water partition coefficient (Wildman–Crippen LogP) is 0.0571. The van der Waals surface area contributed by atoms with E-state index < -0.39 is 0 Å². The second kappa shape index (κ2) is 6.68. The van der Waals surface area contributed by atoms with E-state index in [9.17, 15) is 0 Å². The van der Waals surface area contributed by atoms with Gasteiger partial charge in [0.25, 0.3) is 0 Å². The molecule has 0 aromatic rings. The summed E-state index contributed by atoms with van der Waals surface area (Å²) in [6.07, 6.45) is 10.4. The van der Waals surface area contributed by atoms with Gasteiger partial charge in [0, 0.05) is 0 Å². The van der Waals surface area contributed by atoms with Gasteiger partial charge in [0.15, 0.2) is 0 Å². The summed E-state index contributed by atoms with van der Waals surface area (Å²) in [6.45, 7) is 1.34. The van der Waals surface area contributed by atoms with Crippen LogP contribution in [0.15, 0.2) is 0 Å². The quantitative estimate of drug-likeness (QED) is 0.587. The Morgan fingerprint density at radius 2 is 1.57 bits per heavy atom. The van der Waals surface area contributed by atoms with Gasteiger partial charge in [-0.3, -0.25) is 0 Å². The van der Waals surface area contributed by atoms with E-state index in [1.54, 1.807) is 0 Å². The van der Waals surface area contributed by atoms with E-state index in [2.05, 4.69) is 21.1 Å². The van der Waals surface area contributed by atoms with E-state index in [4.69, 9.17) is 0 Å². The summed E-state index contributed by atoms with van der Waals surface area (Å²) in [5.74, 6) is 1.07. The van der Waals surface area contributed by atoms with Crippen molar-refractivity contribution in [3.63, 3.8) is 0 Å². The van der Waals surface area contributed by atoms with Crippen molar-refractivity contribution in [3.8, 4) is 0 Å². The summed E-state index contributed by atoms with van der Waals surface area (Å²) in [6, 6.07) is 0. The fourth-order valence-corrected chi connectivity index (χ4v) is 2.33. The van der Waals surface area contributed by atoms with Gasteiger partial charge < -0.3 is 16.9 Å². The molecular weight excluding hydrogens is 194 g/mol. The van der Waals surface area contributed by atoms with Crippen LogP contribution in [0.1, 0.15) is 44.9 Å². The number of hydrogen-bond acceptors (Lipinski definition) is 0. The maximum absolute atomic E-state index is 2.29.